The number of nitrogens with one attached hydrogen (secondary N) is 3. The number of carbonyl (C=O) groups excluding carboxylic acids is 3. The second kappa shape index (κ2) is 9.85. The van der Waals surface area contributed by atoms with Gasteiger partial charge < -0.3 is 38.3 Å². The molecule has 10 heteroatoms. The minimum absolute atomic E-state index is 0.0370. The summed E-state index contributed by atoms with van der Waals surface area (Å²) in [6, 6.07) is -2.12. The molecular formula is C5H14N6O4. The van der Waals surface area contributed by atoms with Gasteiger partial charge in [0.1, 0.15) is 6.73 Å². The van der Waals surface area contributed by atoms with Crippen molar-refractivity contribution in [1.82, 2.24) is 16.0 Å². The third-order valence-corrected chi connectivity index (χ3v) is 0.779. The lowest BCUT2D eigenvalue weighted by Gasteiger charge is -1.99. The highest BCUT2D eigenvalue weighted by molar-refractivity contribution is 5.74. The molecule has 0 aliphatic rings. The highest BCUT2D eigenvalue weighted by Gasteiger charge is 1.90. The number of hydrogen-bond donors (Lipinski definition) is 7. The van der Waals surface area contributed by atoms with E-state index in [0.717, 1.165) is 0 Å². The summed E-state index contributed by atoms with van der Waals surface area (Å²) in [5.41, 5.74) is 13.8. The Morgan fingerprint density at radius 3 is 1.33 bits per heavy atom. The van der Waals surface area contributed by atoms with E-state index in [4.69, 9.17) is 5.11 Å². The third kappa shape index (κ3) is 24.5. The second-order valence-electron chi connectivity index (χ2n) is 1.96. The van der Waals surface area contributed by atoms with Gasteiger partial charge >= 0.3 is 18.1 Å². The number of urea groups is 3. The van der Waals surface area contributed by atoms with Crippen molar-refractivity contribution in [1.29, 1.82) is 0 Å². The minimum atomic E-state index is -0.711. The van der Waals surface area contributed by atoms with Crippen LogP contribution in [0.3, 0.4) is 0 Å². The highest BCUT2D eigenvalue weighted by atomic mass is 16.3. The molecule has 0 aromatic rings. The average molecular weight is 222 g/mol. The maximum absolute atomic E-state index is 9.90. The maximum atomic E-state index is 9.90. The lowest BCUT2D eigenvalue weighted by molar-refractivity contribution is 0.225. The zero-order valence-corrected chi connectivity index (χ0v) is 7.82. The molecule has 0 fully saturated rings. The molecule has 10 N–H and O–H groups in total. The molecule has 0 unspecified atom stereocenters. The number of amides is 6. The fourth-order valence-electron chi connectivity index (χ4n) is 0.296. The molecule has 15 heavy (non-hydrogen) atoms. The van der Waals surface area contributed by atoms with Gasteiger partial charge in [-0.25, -0.2) is 14.4 Å². The molecule has 10 nitrogen and oxygen atoms in total. The molecule has 0 rings (SSSR count). The smallest absolute Gasteiger partial charge is 0.313 e. The van der Waals surface area contributed by atoms with Gasteiger partial charge in [0.05, 0.1) is 6.67 Å². The molecule has 6 amide bonds. The van der Waals surface area contributed by atoms with Crippen LogP contribution in [0.25, 0.3) is 0 Å². The van der Waals surface area contributed by atoms with E-state index in [9.17, 15) is 14.4 Å². The van der Waals surface area contributed by atoms with Crippen molar-refractivity contribution < 1.29 is 19.5 Å². The van der Waals surface area contributed by atoms with Crippen molar-refractivity contribution in [2.75, 3.05) is 13.4 Å². The lowest BCUT2D eigenvalue weighted by atomic mass is 10.9. The second-order valence-corrected chi connectivity index (χ2v) is 1.96. The van der Waals surface area contributed by atoms with Crippen molar-refractivity contribution in [2.45, 2.75) is 0 Å². The molecule has 0 bridgehead atoms. The van der Waals surface area contributed by atoms with Crippen molar-refractivity contribution in [3.8, 4) is 0 Å². The summed E-state index contributed by atoms with van der Waals surface area (Å²) in [6.07, 6.45) is 0. The summed E-state index contributed by atoms with van der Waals surface area (Å²) < 4.78 is 0. The lowest BCUT2D eigenvalue weighted by Crippen LogP contribution is -2.41. The Morgan fingerprint density at radius 1 is 0.867 bits per heavy atom. The van der Waals surface area contributed by atoms with Crippen LogP contribution in [0.5, 0.6) is 0 Å². The zero-order chi connectivity index (χ0) is 12.3. The summed E-state index contributed by atoms with van der Waals surface area (Å²) in [6.45, 7) is -0.431. The van der Waals surface area contributed by atoms with Crippen molar-refractivity contribution in [2.24, 2.45) is 17.2 Å². The fourth-order valence-corrected chi connectivity index (χ4v) is 0.296. The van der Waals surface area contributed by atoms with Gasteiger partial charge in [0.25, 0.3) is 0 Å². The maximum Gasteiger partial charge on any atom is 0.313 e. The Kier molecular flexibility index (Phi) is 10.0. The van der Waals surface area contributed by atoms with Crippen molar-refractivity contribution in [3.63, 3.8) is 0 Å². The first kappa shape index (κ1) is 15.3. The van der Waals surface area contributed by atoms with Gasteiger partial charge in [0.15, 0.2) is 0 Å². The first-order chi connectivity index (χ1) is 6.90. The summed E-state index contributed by atoms with van der Waals surface area (Å²) in [7, 11) is 0. The predicted molar refractivity (Wildman–Crippen MR) is 50.1 cm³/mol. The van der Waals surface area contributed by atoms with Gasteiger partial charge in [0.2, 0.25) is 0 Å². The molecule has 0 aliphatic heterocycles. The average Bonchev–Trinajstić information content (AvgIpc) is 2.03. The van der Waals surface area contributed by atoms with E-state index in [2.05, 4.69) is 27.8 Å². The van der Waals surface area contributed by atoms with E-state index in [1.807, 2.05) is 5.32 Å². The van der Waals surface area contributed by atoms with Gasteiger partial charge in [-0.2, -0.15) is 0 Å². The Hall–Kier alpha value is -2.23. The normalized spacial score (nSPS) is 7.80. The molecule has 88 valence electrons. The molecule has 0 aromatic carbocycles. The third-order valence-electron chi connectivity index (χ3n) is 0.779. The predicted octanol–water partition coefficient (Wildman–Crippen LogP) is -3.11. The number of aliphatic hydroxyl groups is 1. The highest BCUT2D eigenvalue weighted by Crippen LogP contribution is 1.53. The first-order valence-electron chi connectivity index (χ1n) is 3.61. The largest absolute Gasteiger partial charge is 0.376 e. The Bertz CT molecular complexity index is 206. The number of primary amides is 3. The molecule has 0 saturated carbocycles. The molecule has 0 saturated heterocycles. The molecule has 0 radical (unpaired) electrons. The minimum Gasteiger partial charge on any atom is -0.376 e. The Labute approximate surface area is 85.2 Å². The Balaban J connectivity index is 0. The van der Waals surface area contributed by atoms with Gasteiger partial charge in [-0.15, -0.1) is 0 Å². The van der Waals surface area contributed by atoms with E-state index in [0.29, 0.717) is 0 Å². The standard InChI is InChI=1S/C3H8N4O2.C2H6N2O2/c4-2(8)6-1-7-3(5)9;3-2(6)4-1-5/h1H2,(H3,4,6,8)(H3,5,7,9);5H,1H2,(H3,3,4,6). The van der Waals surface area contributed by atoms with E-state index >= 15 is 0 Å². The van der Waals surface area contributed by atoms with Crippen LogP contribution < -0.4 is 33.2 Å². The topological polar surface area (TPSA) is 186 Å². The number of carbonyl (C=O) groups is 3. The number of hydrogen-bond acceptors (Lipinski definition) is 4. The quantitative estimate of drug-likeness (QED) is 0.249. The van der Waals surface area contributed by atoms with Gasteiger partial charge in [-0.1, -0.05) is 0 Å². The van der Waals surface area contributed by atoms with E-state index in [1.54, 1.807) is 0 Å². The van der Waals surface area contributed by atoms with E-state index < -0.39 is 24.8 Å². The van der Waals surface area contributed by atoms with Gasteiger partial charge in [0, 0.05) is 0 Å². The number of nitrogens with two attached hydrogens (primary N) is 3. The van der Waals surface area contributed by atoms with Gasteiger partial charge in [-0.3, -0.25) is 0 Å². The summed E-state index contributed by atoms with van der Waals surface area (Å²) >= 11 is 0. The van der Waals surface area contributed by atoms with Crippen LogP contribution in [0.1, 0.15) is 0 Å². The van der Waals surface area contributed by atoms with Gasteiger partial charge in [-0.05, 0) is 0 Å². The Morgan fingerprint density at radius 2 is 1.20 bits per heavy atom. The van der Waals surface area contributed by atoms with Crippen LogP contribution in [-0.2, 0) is 0 Å². The first-order valence-corrected chi connectivity index (χ1v) is 3.61. The zero-order valence-electron chi connectivity index (χ0n) is 7.82. The SMILES string of the molecule is NC(=O)NCNC(N)=O.NC(=O)NCO. The summed E-state index contributed by atoms with van der Waals surface area (Å²) in [5, 5.41) is 13.9. The van der Waals surface area contributed by atoms with Crippen LogP contribution in [0.2, 0.25) is 0 Å². The monoisotopic (exact) mass is 222 g/mol. The van der Waals surface area contributed by atoms with Crippen LogP contribution in [0.4, 0.5) is 14.4 Å². The van der Waals surface area contributed by atoms with E-state index in [-0.39, 0.29) is 6.67 Å². The van der Waals surface area contributed by atoms with Crippen molar-refractivity contribution >= 4 is 18.1 Å². The molecule has 0 heterocycles. The van der Waals surface area contributed by atoms with Crippen LogP contribution in [-0.4, -0.2) is 36.6 Å². The fraction of sp³-hybridized carbons (Fsp3) is 0.400. The van der Waals surface area contributed by atoms with Crippen LogP contribution >= 0.6 is 0 Å². The number of aliphatic hydroxyl groups excluding tert-OH is 1. The van der Waals surface area contributed by atoms with E-state index in [1.165, 1.54) is 0 Å². The number of rotatable bonds is 3. The summed E-state index contributed by atoms with van der Waals surface area (Å²) in [4.78, 5) is 29.3. The van der Waals surface area contributed by atoms with Crippen LogP contribution in [0, 0.1) is 0 Å². The molecule has 0 spiro atoms. The molecule has 0 aromatic heterocycles. The molecule has 0 aliphatic carbocycles. The molecule has 0 atom stereocenters. The summed E-state index contributed by atoms with van der Waals surface area (Å²) in [5.74, 6) is 0. The van der Waals surface area contributed by atoms with Crippen LogP contribution in [0.15, 0.2) is 0 Å². The van der Waals surface area contributed by atoms with Crippen molar-refractivity contribution in [3.05, 3.63) is 0 Å². The molecular weight excluding hydrogens is 208 g/mol.